The quantitative estimate of drug-likeness (QED) is 0.705. The first-order valence-corrected chi connectivity index (χ1v) is 6.39. The van der Waals surface area contributed by atoms with Crippen LogP contribution in [-0.2, 0) is 0 Å². The van der Waals surface area contributed by atoms with Crippen molar-refractivity contribution in [2.75, 3.05) is 0 Å². The summed E-state index contributed by atoms with van der Waals surface area (Å²) >= 11 is 1.57. The summed E-state index contributed by atoms with van der Waals surface area (Å²) in [7, 11) is 0. The number of thiazole rings is 1. The molecule has 4 nitrogen and oxygen atoms in total. The normalized spacial score (nSPS) is 10.8. The lowest BCUT2D eigenvalue weighted by Crippen LogP contribution is -1.78. The van der Waals surface area contributed by atoms with E-state index in [4.69, 9.17) is 4.42 Å². The molecular formula is C13H11N3OS. The molecule has 90 valence electrons. The fourth-order valence-electron chi connectivity index (χ4n) is 1.69. The zero-order valence-electron chi connectivity index (χ0n) is 10.0. The van der Waals surface area contributed by atoms with E-state index in [1.54, 1.807) is 18.3 Å². The first-order valence-electron chi connectivity index (χ1n) is 5.57. The largest absolute Gasteiger partial charge is 0.420 e. The Bertz CT molecular complexity index is 673. The summed E-state index contributed by atoms with van der Waals surface area (Å²) in [5, 5.41) is 8.86. The van der Waals surface area contributed by atoms with Gasteiger partial charge >= 0.3 is 0 Å². The van der Waals surface area contributed by atoms with Crippen LogP contribution < -0.4 is 0 Å². The number of rotatable bonds is 2. The number of benzene rings is 1. The Morgan fingerprint density at radius 2 is 1.83 bits per heavy atom. The molecule has 0 aliphatic rings. The van der Waals surface area contributed by atoms with Gasteiger partial charge in [-0.1, -0.05) is 30.3 Å². The summed E-state index contributed by atoms with van der Waals surface area (Å²) in [6.07, 6.45) is 0. The maximum absolute atomic E-state index is 5.45. The zero-order chi connectivity index (χ0) is 12.5. The van der Waals surface area contributed by atoms with Gasteiger partial charge in [0.1, 0.15) is 9.88 Å². The summed E-state index contributed by atoms with van der Waals surface area (Å²) < 4.78 is 5.45. The zero-order valence-corrected chi connectivity index (χ0v) is 10.9. The maximum atomic E-state index is 5.45. The Kier molecular flexibility index (Phi) is 2.68. The van der Waals surface area contributed by atoms with E-state index in [-0.39, 0.29) is 0 Å². The van der Waals surface area contributed by atoms with Crippen molar-refractivity contribution in [2.24, 2.45) is 0 Å². The second-order valence-corrected chi connectivity index (χ2v) is 4.92. The highest BCUT2D eigenvalue weighted by atomic mass is 32.1. The average molecular weight is 257 g/mol. The lowest BCUT2D eigenvalue weighted by Gasteiger charge is -1.92. The van der Waals surface area contributed by atoms with Crippen molar-refractivity contribution in [1.29, 1.82) is 0 Å². The second-order valence-electron chi connectivity index (χ2n) is 3.93. The van der Waals surface area contributed by atoms with E-state index < -0.39 is 0 Å². The van der Waals surface area contributed by atoms with Crippen LogP contribution in [0.2, 0.25) is 0 Å². The summed E-state index contributed by atoms with van der Waals surface area (Å²) in [6.45, 7) is 3.74. The smallest absolute Gasteiger partial charge is 0.259 e. The van der Waals surface area contributed by atoms with E-state index >= 15 is 0 Å². The molecule has 2 aromatic heterocycles. The SMILES string of the molecule is Cc1nnc(-c2sc(-c3ccccc3)nc2C)o1. The molecule has 3 rings (SSSR count). The molecule has 0 amide bonds. The lowest BCUT2D eigenvalue weighted by atomic mass is 10.2. The fourth-order valence-corrected chi connectivity index (χ4v) is 2.68. The lowest BCUT2D eigenvalue weighted by molar-refractivity contribution is 0.533. The molecule has 0 radical (unpaired) electrons. The Morgan fingerprint density at radius 1 is 1.06 bits per heavy atom. The van der Waals surface area contributed by atoms with E-state index in [1.807, 2.05) is 37.3 Å². The Balaban J connectivity index is 2.06. The third-order valence-electron chi connectivity index (χ3n) is 2.54. The molecule has 0 aliphatic heterocycles. The molecule has 0 saturated heterocycles. The first-order chi connectivity index (χ1) is 8.74. The molecule has 0 saturated carbocycles. The van der Waals surface area contributed by atoms with Crippen LogP contribution in [0.4, 0.5) is 0 Å². The average Bonchev–Trinajstić information content (AvgIpc) is 2.97. The van der Waals surface area contributed by atoms with Crippen molar-refractivity contribution in [3.8, 4) is 21.3 Å². The van der Waals surface area contributed by atoms with E-state index in [0.717, 1.165) is 21.1 Å². The minimum absolute atomic E-state index is 0.546. The van der Waals surface area contributed by atoms with Crippen LogP contribution in [0.5, 0.6) is 0 Å². The summed E-state index contributed by atoms with van der Waals surface area (Å²) in [6, 6.07) is 10.1. The minimum Gasteiger partial charge on any atom is -0.420 e. The fraction of sp³-hybridized carbons (Fsp3) is 0.154. The van der Waals surface area contributed by atoms with Gasteiger partial charge in [0.05, 0.1) is 5.69 Å². The van der Waals surface area contributed by atoms with Gasteiger partial charge in [-0.15, -0.1) is 21.5 Å². The molecule has 18 heavy (non-hydrogen) atoms. The van der Waals surface area contributed by atoms with Crippen LogP contribution in [-0.4, -0.2) is 15.2 Å². The molecule has 0 N–H and O–H groups in total. The van der Waals surface area contributed by atoms with Crippen molar-refractivity contribution >= 4 is 11.3 Å². The summed E-state index contributed by atoms with van der Waals surface area (Å²) in [4.78, 5) is 5.50. The summed E-state index contributed by atoms with van der Waals surface area (Å²) in [5.74, 6) is 1.11. The van der Waals surface area contributed by atoms with E-state index in [0.29, 0.717) is 11.8 Å². The summed E-state index contributed by atoms with van der Waals surface area (Å²) in [5.41, 5.74) is 2.02. The van der Waals surface area contributed by atoms with Crippen LogP contribution in [0.3, 0.4) is 0 Å². The third-order valence-corrected chi connectivity index (χ3v) is 3.73. The monoisotopic (exact) mass is 257 g/mol. The molecule has 0 atom stereocenters. The minimum atomic E-state index is 0.546. The van der Waals surface area contributed by atoms with Gasteiger partial charge in [-0.05, 0) is 6.92 Å². The highest BCUT2D eigenvalue weighted by Gasteiger charge is 2.15. The maximum Gasteiger partial charge on any atom is 0.259 e. The second kappa shape index (κ2) is 4.34. The van der Waals surface area contributed by atoms with Gasteiger partial charge in [-0.3, -0.25) is 0 Å². The van der Waals surface area contributed by atoms with Crippen molar-refractivity contribution in [2.45, 2.75) is 13.8 Å². The molecular weight excluding hydrogens is 246 g/mol. The van der Waals surface area contributed by atoms with E-state index in [9.17, 15) is 0 Å². The number of aromatic nitrogens is 3. The highest BCUT2D eigenvalue weighted by Crippen LogP contribution is 2.34. The van der Waals surface area contributed by atoms with Crippen molar-refractivity contribution in [3.63, 3.8) is 0 Å². The van der Waals surface area contributed by atoms with Crippen LogP contribution in [0, 0.1) is 13.8 Å². The number of hydrogen-bond acceptors (Lipinski definition) is 5. The predicted molar refractivity (Wildman–Crippen MR) is 70.3 cm³/mol. The van der Waals surface area contributed by atoms with Crippen molar-refractivity contribution in [3.05, 3.63) is 41.9 Å². The molecule has 1 aromatic carbocycles. The van der Waals surface area contributed by atoms with Gasteiger partial charge < -0.3 is 4.42 Å². The molecule has 3 aromatic rings. The first kappa shape index (κ1) is 11.1. The van der Waals surface area contributed by atoms with Gasteiger partial charge in [-0.25, -0.2) is 4.98 Å². The number of hydrogen-bond donors (Lipinski definition) is 0. The van der Waals surface area contributed by atoms with Crippen molar-refractivity contribution < 1.29 is 4.42 Å². The molecule has 0 bridgehead atoms. The van der Waals surface area contributed by atoms with Gasteiger partial charge in [0.15, 0.2) is 0 Å². The molecule has 0 aliphatic carbocycles. The molecule has 5 heteroatoms. The third kappa shape index (κ3) is 1.93. The molecule has 0 fully saturated rings. The highest BCUT2D eigenvalue weighted by molar-refractivity contribution is 7.18. The van der Waals surface area contributed by atoms with Crippen molar-refractivity contribution in [1.82, 2.24) is 15.2 Å². The Labute approximate surface area is 108 Å². The van der Waals surface area contributed by atoms with Gasteiger partial charge in [0.25, 0.3) is 5.89 Å². The van der Waals surface area contributed by atoms with Crippen LogP contribution in [0.25, 0.3) is 21.3 Å². The van der Waals surface area contributed by atoms with Crippen LogP contribution in [0.1, 0.15) is 11.6 Å². The number of nitrogens with zero attached hydrogens (tertiary/aromatic N) is 3. The topological polar surface area (TPSA) is 51.8 Å². The van der Waals surface area contributed by atoms with Crippen LogP contribution in [0.15, 0.2) is 34.7 Å². The predicted octanol–water partition coefficient (Wildman–Crippen LogP) is 3.48. The van der Waals surface area contributed by atoms with Gasteiger partial charge in [0, 0.05) is 12.5 Å². The number of aryl methyl sites for hydroxylation is 2. The van der Waals surface area contributed by atoms with E-state index in [1.165, 1.54) is 0 Å². The standard InChI is InChI=1S/C13H11N3OS/c1-8-11(12-16-15-9(2)17-12)18-13(14-8)10-6-4-3-5-7-10/h3-7H,1-2H3. The Morgan fingerprint density at radius 3 is 2.50 bits per heavy atom. The van der Waals surface area contributed by atoms with Gasteiger partial charge in [0.2, 0.25) is 5.89 Å². The van der Waals surface area contributed by atoms with E-state index in [2.05, 4.69) is 15.2 Å². The molecule has 2 heterocycles. The molecule has 0 spiro atoms. The van der Waals surface area contributed by atoms with Gasteiger partial charge in [-0.2, -0.15) is 0 Å². The van der Waals surface area contributed by atoms with Crippen LogP contribution >= 0.6 is 11.3 Å². The Hall–Kier alpha value is -2.01. The molecule has 0 unspecified atom stereocenters.